The Morgan fingerprint density at radius 2 is 1.94 bits per heavy atom. The Labute approximate surface area is 200 Å². The molecular formula is C22H24N6O5S. The third-order valence-corrected chi connectivity index (χ3v) is 5.81. The molecule has 3 aromatic rings. The normalized spacial score (nSPS) is 11.5. The topological polar surface area (TPSA) is 141 Å². The average Bonchev–Trinajstić information content (AvgIpc) is 3.26. The minimum Gasteiger partial charge on any atom is -0.496 e. The highest BCUT2D eigenvalue weighted by atomic mass is 32.2. The summed E-state index contributed by atoms with van der Waals surface area (Å²) in [5.41, 5.74) is 0.349. The van der Waals surface area contributed by atoms with Crippen LogP contribution < -0.4 is 15.4 Å². The van der Waals surface area contributed by atoms with Crippen LogP contribution >= 0.6 is 11.8 Å². The third kappa shape index (κ3) is 5.90. The summed E-state index contributed by atoms with van der Waals surface area (Å²) in [5.74, 6) is 0.174. The highest BCUT2D eigenvalue weighted by Gasteiger charge is 2.21. The number of aromatic nitrogens is 3. The molecule has 0 aliphatic heterocycles. The van der Waals surface area contributed by atoms with Gasteiger partial charge in [0.05, 0.1) is 29.9 Å². The number of benzene rings is 2. The quantitative estimate of drug-likeness (QED) is 0.253. The second kappa shape index (κ2) is 11.3. The molecule has 2 aromatic carbocycles. The van der Waals surface area contributed by atoms with E-state index in [4.69, 9.17) is 4.74 Å². The maximum Gasteiger partial charge on any atom is 0.296 e. The van der Waals surface area contributed by atoms with Gasteiger partial charge in [0.2, 0.25) is 5.91 Å². The molecule has 0 saturated heterocycles. The number of methoxy groups -OCH3 is 1. The highest BCUT2D eigenvalue weighted by molar-refractivity contribution is 7.99. The molecule has 0 bridgehead atoms. The molecule has 0 aliphatic carbocycles. The van der Waals surface area contributed by atoms with Crippen LogP contribution in [0.2, 0.25) is 0 Å². The molecule has 0 spiro atoms. The summed E-state index contributed by atoms with van der Waals surface area (Å²) in [6, 6.07) is 12.6. The maximum absolute atomic E-state index is 12.5. The molecule has 1 heterocycles. The Bertz CT molecular complexity index is 1180. The standard InChI is InChI=1S/C22H24N6O5S/c1-4-27-20(14(2)23-21(30)15-8-6-5-7-9-15)25-26-22(27)34-13-19(29)24-17-11-10-16(33-3)12-18(17)28(31)32/h5-12,14H,4,13H2,1-3H3,(H,23,30)(H,24,29)/t14-/m0/s1. The number of nitrogens with one attached hydrogen (secondary N) is 2. The number of hydrogen-bond acceptors (Lipinski definition) is 8. The van der Waals surface area contributed by atoms with E-state index in [1.165, 1.54) is 25.3 Å². The van der Waals surface area contributed by atoms with Crippen LogP contribution in [0.15, 0.2) is 53.7 Å². The van der Waals surface area contributed by atoms with Crippen molar-refractivity contribution < 1.29 is 19.2 Å². The van der Waals surface area contributed by atoms with Crippen LogP contribution in [0.5, 0.6) is 5.75 Å². The number of hydrogen-bond donors (Lipinski definition) is 2. The van der Waals surface area contributed by atoms with Gasteiger partial charge in [-0.05, 0) is 38.1 Å². The fourth-order valence-electron chi connectivity index (χ4n) is 3.17. The van der Waals surface area contributed by atoms with Crippen molar-refractivity contribution in [1.82, 2.24) is 20.1 Å². The first-order chi connectivity index (χ1) is 16.3. The lowest BCUT2D eigenvalue weighted by Crippen LogP contribution is -2.28. The lowest BCUT2D eigenvalue weighted by Gasteiger charge is -2.15. The minimum atomic E-state index is -0.587. The number of amides is 2. The first-order valence-corrected chi connectivity index (χ1v) is 11.4. The zero-order valence-electron chi connectivity index (χ0n) is 18.8. The van der Waals surface area contributed by atoms with E-state index in [9.17, 15) is 19.7 Å². The van der Waals surface area contributed by atoms with Crippen molar-refractivity contribution in [3.8, 4) is 5.75 Å². The molecule has 11 nitrogen and oxygen atoms in total. The van der Waals surface area contributed by atoms with E-state index < -0.39 is 16.9 Å². The Kier molecular flexibility index (Phi) is 8.19. The van der Waals surface area contributed by atoms with E-state index in [-0.39, 0.29) is 23.0 Å². The second-order valence-corrected chi connectivity index (χ2v) is 8.07. The first kappa shape index (κ1) is 24.7. The van der Waals surface area contributed by atoms with Gasteiger partial charge in [0.1, 0.15) is 11.4 Å². The second-order valence-electron chi connectivity index (χ2n) is 7.12. The molecular weight excluding hydrogens is 460 g/mol. The summed E-state index contributed by atoms with van der Waals surface area (Å²) in [5, 5.41) is 25.6. The van der Waals surface area contributed by atoms with Gasteiger partial charge in [-0.2, -0.15) is 0 Å². The molecule has 0 saturated carbocycles. The van der Waals surface area contributed by atoms with Crippen molar-refractivity contribution in [2.75, 3.05) is 18.2 Å². The lowest BCUT2D eigenvalue weighted by atomic mass is 10.2. The largest absolute Gasteiger partial charge is 0.496 e. The van der Waals surface area contributed by atoms with Crippen molar-refractivity contribution in [2.24, 2.45) is 0 Å². The van der Waals surface area contributed by atoms with Crippen molar-refractivity contribution in [3.05, 3.63) is 70.0 Å². The molecule has 0 unspecified atom stereocenters. The van der Waals surface area contributed by atoms with Crippen LogP contribution in [0.3, 0.4) is 0 Å². The maximum atomic E-state index is 12.5. The van der Waals surface area contributed by atoms with Gasteiger partial charge in [-0.3, -0.25) is 19.7 Å². The molecule has 0 fully saturated rings. The van der Waals surface area contributed by atoms with Crippen molar-refractivity contribution in [2.45, 2.75) is 31.6 Å². The van der Waals surface area contributed by atoms with Crippen molar-refractivity contribution >= 4 is 35.0 Å². The van der Waals surface area contributed by atoms with Gasteiger partial charge in [-0.25, -0.2) is 0 Å². The fraction of sp³-hybridized carbons (Fsp3) is 0.273. The van der Waals surface area contributed by atoms with Crippen LogP contribution in [0.4, 0.5) is 11.4 Å². The first-order valence-electron chi connectivity index (χ1n) is 10.4. The Morgan fingerprint density at radius 3 is 2.59 bits per heavy atom. The van der Waals surface area contributed by atoms with Crippen LogP contribution in [0.1, 0.15) is 36.1 Å². The van der Waals surface area contributed by atoms with E-state index in [1.807, 2.05) is 17.6 Å². The van der Waals surface area contributed by atoms with Gasteiger partial charge >= 0.3 is 0 Å². The van der Waals surface area contributed by atoms with E-state index in [2.05, 4.69) is 20.8 Å². The van der Waals surface area contributed by atoms with Gasteiger partial charge < -0.3 is 19.9 Å². The van der Waals surface area contributed by atoms with Gasteiger partial charge in [0.15, 0.2) is 11.0 Å². The summed E-state index contributed by atoms with van der Waals surface area (Å²) in [6.45, 7) is 4.24. The summed E-state index contributed by atoms with van der Waals surface area (Å²) >= 11 is 1.14. The number of nitrogens with zero attached hydrogens (tertiary/aromatic N) is 4. The summed E-state index contributed by atoms with van der Waals surface area (Å²) < 4.78 is 6.81. The fourth-order valence-corrected chi connectivity index (χ4v) is 3.98. The van der Waals surface area contributed by atoms with Crippen molar-refractivity contribution in [3.63, 3.8) is 0 Å². The number of ether oxygens (including phenoxy) is 1. The van der Waals surface area contributed by atoms with E-state index in [0.717, 1.165) is 11.8 Å². The molecule has 12 heteroatoms. The Morgan fingerprint density at radius 1 is 1.21 bits per heavy atom. The predicted octanol–water partition coefficient (Wildman–Crippen LogP) is 3.44. The number of carbonyl (C=O) groups is 2. The Balaban J connectivity index is 1.65. The van der Waals surface area contributed by atoms with Crippen LogP contribution in [0, 0.1) is 10.1 Å². The molecule has 178 valence electrons. The average molecular weight is 485 g/mol. The molecule has 34 heavy (non-hydrogen) atoms. The summed E-state index contributed by atoms with van der Waals surface area (Å²) in [6.07, 6.45) is 0. The molecule has 0 radical (unpaired) electrons. The number of carbonyl (C=O) groups excluding carboxylic acids is 2. The molecule has 3 rings (SSSR count). The van der Waals surface area contributed by atoms with Gasteiger partial charge in [-0.1, -0.05) is 30.0 Å². The van der Waals surface area contributed by atoms with Crippen LogP contribution in [-0.4, -0.2) is 44.4 Å². The van der Waals surface area contributed by atoms with Gasteiger partial charge in [0, 0.05) is 12.1 Å². The molecule has 2 N–H and O–H groups in total. The monoisotopic (exact) mass is 484 g/mol. The van der Waals surface area contributed by atoms with Gasteiger partial charge in [0.25, 0.3) is 11.6 Å². The summed E-state index contributed by atoms with van der Waals surface area (Å²) in [7, 11) is 1.40. The summed E-state index contributed by atoms with van der Waals surface area (Å²) in [4.78, 5) is 35.6. The zero-order chi connectivity index (χ0) is 24.7. The highest BCUT2D eigenvalue weighted by Crippen LogP contribution is 2.29. The van der Waals surface area contributed by atoms with E-state index in [1.54, 1.807) is 31.2 Å². The smallest absolute Gasteiger partial charge is 0.296 e. The number of anilines is 1. The minimum absolute atomic E-state index is 0.0356. The third-order valence-electron chi connectivity index (χ3n) is 4.84. The number of thioether (sulfide) groups is 1. The lowest BCUT2D eigenvalue weighted by molar-refractivity contribution is -0.384. The molecule has 1 aromatic heterocycles. The number of nitro groups is 1. The zero-order valence-corrected chi connectivity index (χ0v) is 19.7. The van der Waals surface area contributed by atoms with Crippen molar-refractivity contribution in [1.29, 1.82) is 0 Å². The Hall–Kier alpha value is -3.93. The van der Waals surface area contributed by atoms with E-state index in [0.29, 0.717) is 28.8 Å². The van der Waals surface area contributed by atoms with Crippen LogP contribution in [-0.2, 0) is 11.3 Å². The van der Waals surface area contributed by atoms with Crippen LogP contribution in [0.25, 0.3) is 0 Å². The number of nitro benzene ring substituents is 1. The molecule has 2 amide bonds. The van der Waals surface area contributed by atoms with Gasteiger partial charge in [-0.15, -0.1) is 10.2 Å². The molecule has 1 atom stereocenters. The van der Waals surface area contributed by atoms with E-state index >= 15 is 0 Å². The predicted molar refractivity (Wildman–Crippen MR) is 127 cm³/mol. The number of rotatable bonds is 10. The molecule has 0 aliphatic rings. The SMILES string of the molecule is CCn1c(SCC(=O)Nc2ccc(OC)cc2[N+](=O)[O-])nnc1[C@H](C)NC(=O)c1ccccc1.